The van der Waals surface area contributed by atoms with Gasteiger partial charge >= 0.3 is 5.97 Å². The molecule has 0 radical (unpaired) electrons. The van der Waals surface area contributed by atoms with E-state index >= 15 is 0 Å². The van der Waals surface area contributed by atoms with Gasteiger partial charge in [-0.1, -0.05) is 11.6 Å². The number of rotatable bonds is 8. The fraction of sp³-hybridized carbons (Fsp3) is 0.467. The van der Waals surface area contributed by atoms with E-state index < -0.39 is 0 Å². The summed E-state index contributed by atoms with van der Waals surface area (Å²) in [6.07, 6.45) is 0.128. The number of hydrogen-bond acceptors (Lipinski definition) is 5. The molecule has 0 atom stereocenters. The van der Waals surface area contributed by atoms with Crippen LogP contribution >= 0.6 is 11.6 Å². The van der Waals surface area contributed by atoms with Crippen LogP contribution in [-0.2, 0) is 20.9 Å². The number of ether oxygens (including phenoxy) is 3. The van der Waals surface area contributed by atoms with E-state index in [-0.39, 0.29) is 31.3 Å². The molecule has 0 aliphatic carbocycles. The van der Waals surface area contributed by atoms with Crippen LogP contribution in [0.3, 0.4) is 0 Å². The van der Waals surface area contributed by atoms with E-state index in [4.69, 9.17) is 25.8 Å². The zero-order chi connectivity index (χ0) is 16.5. The highest BCUT2D eigenvalue weighted by Crippen LogP contribution is 2.32. The number of methoxy groups -OCH3 is 2. The van der Waals surface area contributed by atoms with Gasteiger partial charge in [-0.25, -0.2) is 0 Å². The second-order valence-corrected chi connectivity index (χ2v) is 4.79. The summed E-state index contributed by atoms with van der Waals surface area (Å²) < 4.78 is 15.1. The molecule has 1 rings (SSSR count). The first kappa shape index (κ1) is 18.1. The zero-order valence-electron chi connectivity index (χ0n) is 12.9. The summed E-state index contributed by atoms with van der Waals surface area (Å²) in [5.41, 5.74) is 0.698. The molecule has 0 bridgehead atoms. The van der Waals surface area contributed by atoms with Gasteiger partial charge in [0.1, 0.15) is 0 Å². The topological polar surface area (TPSA) is 73.9 Å². The molecule has 0 aliphatic rings. The van der Waals surface area contributed by atoms with Gasteiger partial charge in [0.05, 0.1) is 27.2 Å². The van der Waals surface area contributed by atoms with Crippen molar-refractivity contribution >= 4 is 23.5 Å². The zero-order valence-corrected chi connectivity index (χ0v) is 13.7. The van der Waals surface area contributed by atoms with Gasteiger partial charge in [0.2, 0.25) is 5.91 Å². The summed E-state index contributed by atoms with van der Waals surface area (Å²) in [5.74, 6) is 0.410. The number of amides is 1. The Balaban J connectivity index is 2.57. The van der Waals surface area contributed by atoms with Crippen LogP contribution in [0.1, 0.15) is 25.3 Å². The Morgan fingerprint density at radius 2 is 1.77 bits per heavy atom. The smallest absolute Gasteiger partial charge is 0.306 e. The van der Waals surface area contributed by atoms with Crippen molar-refractivity contribution in [2.45, 2.75) is 26.3 Å². The normalized spacial score (nSPS) is 10.0. The van der Waals surface area contributed by atoms with Crippen LogP contribution in [0, 0.1) is 0 Å². The van der Waals surface area contributed by atoms with Crippen molar-refractivity contribution < 1.29 is 23.8 Å². The van der Waals surface area contributed by atoms with Gasteiger partial charge < -0.3 is 19.5 Å². The van der Waals surface area contributed by atoms with Gasteiger partial charge in [0.25, 0.3) is 0 Å². The predicted octanol–water partition coefficient (Wildman–Crippen LogP) is 2.32. The van der Waals surface area contributed by atoms with E-state index in [1.54, 1.807) is 19.1 Å². The summed E-state index contributed by atoms with van der Waals surface area (Å²) in [4.78, 5) is 22.9. The number of hydrogen-bond donors (Lipinski definition) is 1. The average Bonchev–Trinajstić information content (AvgIpc) is 2.51. The third-order valence-corrected chi connectivity index (χ3v) is 3.24. The van der Waals surface area contributed by atoms with Crippen LogP contribution in [0.25, 0.3) is 0 Å². The standard InChI is InChI=1S/C15H20ClNO5/c1-4-22-15(19)6-5-14(18)17-9-10-7-12(20-2)13(21-3)8-11(10)16/h7-8H,4-6,9H2,1-3H3,(H,17,18). The minimum absolute atomic E-state index is 0.0549. The van der Waals surface area contributed by atoms with Crippen molar-refractivity contribution in [3.8, 4) is 11.5 Å². The molecule has 0 heterocycles. The summed E-state index contributed by atoms with van der Waals surface area (Å²) >= 11 is 6.13. The molecule has 0 fully saturated rings. The van der Waals surface area contributed by atoms with E-state index in [0.717, 1.165) is 0 Å². The lowest BCUT2D eigenvalue weighted by atomic mass is 10.2. The molecular formula is C15H20ClNO5. The molecule has 1 aromatic carbocycles. The lowest BCUT2D eigenvalue weighted by Gasteiger charge is -2.12. The van der Waals surface area contributed by atoms with Gasteiger partial charge in [-0.2, -0.15) is 0 Å². The van der Waals surface area contributed by atoms with Crippen molar-refractivity contribution in [2.24, 2.45) is 0 Å². The molecule has 1 aromatic rings. The largest absolute Gasteiger partial charge is 0.493 e. The molecule has 22 heavy (non-hydrogen) atoms. The number of nitrogens with one attached hydrogen (secondary N) is 1. The minimum Gasteiger partial charge on any atom is -0.493 e. The van der Waals surface area contributed by atoms with Gasteiger partial charge in [0, 0.05) is 24.1 Å². The first-order valence-corrected chi connectivity index (χ1v) is 7.22. The molecule has 0 saturated carbocycles. The average molecular weight is 330 g/mol. The molecule has 1 N–H and O–H groups in total. The Morgan fingerprint density at radius 3 is 2.36 bits per heavy atom. The monoisotopic (exact) mass is 329 g/mol. The Hall–Kier alpha value is -1.95. The van der Waals surface area contributed by atoms with Crippen LogP contribution < -0.4 is 14.8 Å². The van der Waals surface area contributed by atoms with Crippen molar-refractivity contribution in [1.82, 2.24) is 5.32 Å². The van der Waals surface area contributed by atoms with Gasteiger partial charge in [0.15, 0.2) is 11.5 Å². The lowest BCUT2D eigenvalue weighted by molar-refractivity contribution is -0.144. The Kier molecular flexibility index (Phi) is 7.52. The van der Waals surface area contributed by atoms with Crippen LogP contribution in [-0.4, -0.2) is 32.7 Å². The molecule has 0 aromatic heterocycles. The van der Waals surface area contributed by atoms with Crippen molar-refractivity contribution in [3.63, 3.8) is 0 Å². The second kappa shape index (κ2) is 9.15. The molecule has 0 unspecified atom stereocenters. The number of carbonyl (C=O) groups is 2. The molecule has 0 aliphatic heterocycles. The van der Waals surface area contributed by atoms with E-state index in [0.29, 0.717) is 28.7 Å². The maximum absolute atomic E-state index is 11.7. The molecule has 6 nitrogen and oxygen atoms in total. The first-order valence-electron chi connectivity index (χ1n) is 6.84. The molecular weight excluding hydrogens is 310 g/mol. The molecule has 0 spiro atoms. The first-order chi connectivity index (χ1) is 10.5. The van der Waals surface area contributed by atoms with E-state index in [2.05, 4.69) is 5.32 Å². The predicted molar refractivity (Wildman–Crippen MR) is 82.3 cm³/mol. The van der Waals surface area contributed by atoms with Gasteiger partial charge in [-0.05, 0) is 18.6 Å². The Bertz CT molecular complexity index is 533. The van der Waals surface area contributed by atoms with Crippen LogP contribution in [0.4, 0.5) is 0 Å². The number of esters is 1. The summed E-state index contributed by atoms with van der Waals surface area (Å²) in [5, 5.41) is 3.16. The van der Waals surface area contributed by atoms with Crippen molar-refractivity contribution in [2.75, 3.05) is 20.8 Å². The highest BCUT2D eigenvalue weighted by atomic mass is 35.5. The van der Waals surface area contributed by atoms with Crippen LogP contribution in [0.2, 0.25) is 5.02 Å². The summed E-state index contributed by atoms with van der Waals surface area (Å²) in [6.45, 7) is 2.26. The third-order valence-electron chi connectivity index (χ3n) is 2.89. The Morgan fingerprint density at radius 1 is 1.14 bits per heavy atom. The fourth-order valence-corrected chi connectivity index (χ4v) is 1.98. The Labute approximate surface area is 134 Å². The van der Waals surface area contributed by atoms with Crippen molar-refractivity contribution in [3.05, 3.63) is 22.7 Å². The maximum atomic E-state index is 11.7. The number of benzene rings is 1. The van der Waals surface area contributed by atoms with Crippen LogP contribution in [0.5, 0.6) is 11.5 Å². The fourth-order valence-electron chi connectivity index (χ4n) is 1.76. The second-order valence-electron chi connectivity index (χ2n) is 4.38. The van der Waals surface area contributed by atoms with Crippen molar-refractivity contribution in [1.29, 1.82) is 0 Å². The van der Waals surface area contributed by atoms with Gasteiger partial charge in [-0.3, -0.25) is 9.59 Å². The van der Waals surface area contributed by atoms with E-state index in [1.165, 1.54) is 14.2 Å². The van der Waals surface area contributed by atoms with E-state index in [1.807, 2.05) is 0 Å². The molecule has 122 valence electrons. The van der Waals surface area contributed by atoms with Crippen LogP contribution in [0.15, 0.2) is 12.1 Å². The third kappa shape index (κ3) is 5.44. The SMILES string of the molecule is CCOC(=O)CCC(=O)NCc1cc(OC)c(OC)cc1Cl. The molecule has 0 saturated heterocycles. The minimum atomic E-state index is -0.387. The quantitative estimate of drug-likeness (QED) is 0.741. The van der Waals surface area contributed by atoms with E-state index in [9.17, 15) is 9.59 Å². The molecule has 7 heteroatoms. The van der Waals surface area contributed by atoms with Gasteiger partial charge in [-0.15, -0.1) is 0 Å². The molecule has 1 amide bonds. The lowest BCUT2D eigenvalue weighted by Crippen LogP contribution is -2.23. The highest BCUT2D eigenvalue weighted by molar-refractivity contribution is 6.31. The summed E-state index contributed by atoms with van der Waals surface area (Å²) in [6, 6.07) is 3.33. The number of carbonyl (C=O) groups excluding carboxylic acids is 2. The number of halogens is 1. The summed E-state index contributed by atoms with van der Waals surface area (Å²) in [7, 11) is 3.04. The maximum Gasteiger partial charge on any atom is 0.306 e. The highest BCUT2D eigenvalue weighted by Gasteiger charge is 2.12.